The molecule has 46 heavy (non-hydrogen) atoms. The summed E-state index contributed by atoms with van der Waals surface area (Å²) >= 11 is 18.8. The molecule has 0 bridgehead atoms. The van der Waals surface area contributed by atoms with Gasteiger partial charge in [-0.1, -0.05) is 95.0 Å². The fourth-order valence-electron chi connectivity index (χ4n) is 4.85. The van der Waals surface area contributed by atoms with Crippen LogP contribution in [0.4, 0.5) is 5.69 Å². The van der Waals surface area contributed by atoms with Gasteiger partial charge in [0.2, 0.25) is 11.8 Å². The monoisotopic (exact) mass is 699 g/mol. The lowest BCUT2D eigenvalue weighted by atomic mass is 10.0. The molecule has 2 amide bonds. The van der Waals surface area contributed by atoms with Gasteiger partial charge in [-0.15, -0.1) is 0 Å². The van der Waals surface area contributed by atoms with Crippen LogP contribution in [-0.4, -0.2) is 43.3 Å². The molecule has 4 aromatic rings. The van der Waals surface area contributed by atoms with Crippen LogP contribution in [0.3, 0.4) is 0 Å². The zero-order chi connectivity index (χ0) is 33.6. The largest absolute Gasteiger partial charge is 0.350 e. The number of nitrogens with zero attached hydrogens (tertiary/aromatic N) is 2. The minimum Gasteiger partial charge on any atom is -0.350 e. The van der Waals surface area contributed by atoms with Gasteiger partial charge in [-0.05, 0) is 81.3 Å². The predicted molar refractivity (Wildman–Crippen MR) is 186 cm³/mol. The Bertz CT molecular complexity index is 1790. The molecule has 0 aliphatic heterocycles. The Labute approximate surface area is 286 Å². The number of nitrogens with one attached hydrogen (secondary N) is 1. The van der Waals surface area contributed by atoms with Gasteiger partial charge in [0.05, 0.1) is 20.6 Å². The second kappa shape index (κ2) is 14.9. The highest BCUT2D eigenvalue weighted by Gasteiger charge is 2.35. The molecule has 0 saturated heterocycles. The van der Waals surface area contributed by atoms with Crippen LogP contribution in [0.15, 0.2) is 102 Å². The predicted octanol–water partition coefficient (Wildman–Crippen LogP) is 7.71. The summed E-state index contributed by atoms with van der Waals surface area (Å²) in [7, 11) is -4.28. The number of halogens is 3. The van der Waals surface area contributed by atoms with Crippen LogP contribution in [0.1, 0.15) is 37.5 Å². The van der Waals surface area contributed by atoms with Crippen LogP contribution in [0, 0.1) is 6.92 Å². The molecule has 0 aliphatic carbocycles. The van der Waals surface area contributed by atoms with Gasteiger partial charge in [0.25, 0.3) is 10.0 Å². The Morgan fingerprint density at radius 1 is 0.804 bits per heavy atom. The molecule has 11 heteroatoms. The summed E-state index contributed by atoms with van der Waals surface area (Å²) in [6.07, 6.45) is 0.187. The maximum absolute atomic E-state index is 14.5. The molecule has 0 fully saturated rings. The van der Waals surface area contributed by atoms with Crippen molar-refractivity contribution in [3.05, 3.63) is 129 Å². The molecule has 0 aliphatic rings. The molecule has 1 N–H and O–H groups in total. The third kappa shape index (κ3) is 9.26. The van der Waals surface area contributed by atoms with Crippen LogP contribution < -0.4 is 9.62 Å². The Balaban J connectivity index is 1.84. The summed E-state index contributed by atoms with van der Waals surface area (Å²) in [6, 6.07) is 26.0. The van der Waals surface area contributed by atoms with E-state index in [4.69, 9.17) is 34.8 Å². The minimum atomic E-state index is -4.28. The van der Waals surface area contributed by atoms with Crippen molar-refractivity contribution in [1.82, 2.24) is 10.2 Å². The molecule has 0 aromatic heterocycles. The van der Waals surface area contributed by atoms with E-state index in [9.17, 15) is 18.0 Å². The van der Waals surface area contributed by atoms with Gasteiger partial charge < -0.3 is 10.2 Å². The fourth-order valence-corrected chi connectivity index (χ4v) is 6.76. The van der Waals surface area contributed by atoms with Gasteiger partial charge >= 0.3 is 0 Å². The molecule has 242 valence electrons. The first-order valence-corrected chi connectivity index (χ1v) is 17.2. The van der Waals surface area contributed by atoms with E-state index in [1.807, 2.05) is 58.0 Å². The molecule has 0 saturated carbocycles. The van der Waals surface area contributed by atoms with Crippen molar-refractivity contribution in [2.75, 3.05) is 10.8 Å². The minimum absolute atomic E-state index is 0.00570. The van der Waals surface area contributed by atoms with E-state index in [-0.39, 0.29) is 39.5 Å². The maximum Gasteiger partial charge on any atom is 0.264 e. The van der Waals surface area contributed by atoms with Crippen molar-refractivity contribution < 1.29 is 18.0 Å². The van der Waals surface area contributed by atoms with E-state index in [1.54, 1.807) is 36.4 Å². The summed E-state index contributed by atoms with van der Waals surface area (Å²) in [5, 5.41) is 3.82. The average Bonchev–Trinajstić information content (AvgIpc) is 2.99. The van der Waals surface area contributed by atoms with Crippen LogP contribution in [0.2, 0.25) is 15.1 Å². The molecule has 1 atom stereocenters. The van der Waals surface area contributed by atoms with Crippen molar-refractivity contribution in [3.8, 4) is 0 Å². The first-order chi connectivity index (χ1) is 21.6. The van der Waals surface area contributed by atoms with Gasteiger partial charge in [-0.2, -0.15) is 0 Å². The lowest BCUT2D eigenvalue weighted by Crippen LogP contribution is -2.56. The summed E-state index contributed by atoms with van der Waals surface area (Å²) < 4.78 is 29.3. The van der Waals surface area contributed by atoms with Crippen LogP contribution >= 0.6 is 34.8 Å². The number of aryl methyl sites for hydroxylation is 1. The van der Waals surface area contributed by atoms with E-state index in [2.05, 4.69) is 5.32 Å². The number of sulfonamides is 1. The van der Waals surface area contributed by atoms with Gasteiger partial charge in [0, 0.05) is 23.5 Å². The smallest absolute Gasteiger partial charge is 0.264 e. The third-order valence-corrected chi connectivity index (χ3v) is 9.85. The van der Waals surface area contributed by atoms with Crippen LogP contribution in [-0.2, 0) is 32.6 Å². The first kappa shape index (κ1) is 35.3. The number of hydrogen-bond donors (Lipinski definition) is 1. The molecule has 0 heterocycles. The van der Waals surface area contributed by atoms with Crippen molar-refractivity contribution >= 4 is 62.3 Å². The molecule has 4 rings (SSSR count). The number of benzene rings is 4. The number of amides is 2. The number of anilines is 1. The van der Waals surface area contributed by atoms with Gasteiger partial charge in [0.1, 0.15) is 12.6 Å². The van der Waals surface area contributed by atoms with Gasteiger partial charge in [0.15, 0.2) is 0 Å². The topological polar surface area (TPSA) is 86.8 Å². The van der Waals surface area contributed by atoms with Crippen LogP contribution in [0.25, 0.3) is 0 Å². The number of carbonyl (C=O) groups excluding carboxylic acids is 2. The lowest BCUT2D eigenvalue weighted by Gasteiger charge is -2.35. The van der Waals surface area contributed by atoms with E-state index in [0.29, 0.717) is 10.6 Å². The third-order valence-electron chi connectivity index (χ3n) is 7.09. The van der Waals surface area contributed by atoms with Gasteiger partial charge in [-0.3, -0.25) is 13.9 Å². The Morgan fingerprint density at radius 2 is 1.46 bits per heavy atom. The average molecular weight is 701 g/mol. The molecule has 0 radical (unpaired) electrons. The summed E-state index contributed by atoms with van der Waals surface area (Å²) in [6.45, 7) is 6.78. The first-order valence-electron chi connectivity index (χ1n) is 14.6. The van der Waals surface area contributed by atoms with Crippen LogP contribution in [0.5, 0.6) is 0 Å². The van der Waals surface area contributed by atoms with Gasteiger partial charge in [-0.25, -0.2) is 8.42 Å². The maximum atomic E-state index is 14.5. The molecule has 0 spiro atoms. The highest BCUT2D eigenvalue weighted by atomic mass is 35.5. The van der Waals surface area contributed by atoms with Crippen molar-refractivity contribution in [3.63, 3.8) is 0 Å². The number of carbonyl (C=O) groups is 2. The van der Waals surface area contributed by atoms with E-state index in [1.165, 1.54) is 35.2 Å². The lowest BCUT2D eigenvalue weighted by molar-refractivity contribution is -0.140. The zero-order valence-corrected chi connectivity index (χ0v) is 29.1. The summed E-state index contributed by atoms with van der Waals surface area (Å²) in [4.78, 5) is 29.9. The van der Waals surface area contributed by atoms with E-state index >= 15 is 0 Å². The molecular formula is C35H36Cl3N3O4S. The van der Waals surface area contributed by atoms with E-state index < -0.39 is 34.1 Å². The molecule has 1 unspecified atom stereocenters. The standard InChI is InChI=1S/C35H36Cl3N3O4S/c1-24-13-16-29(17-14-24)46(44,45)41(28-15-18-30(37)31(38)21-28)23-33(42)40(22-26-11-8-12-27(36)19-26)32(34(43)39-35(2,3)4)20-25-9-6-5-7-10-25/h5-19,21,32H,20,22-23H2,1-4H3,(H,39,43). The summed E-state index contributed by atoms with van der Waals surface area (Å²) in [5.41, 5.74) is 1.92. The zero-order valence-electron chi connectivity index (χ0n) is 26.0. The molecule has 7 nitrogen and oxygen atoms in total. The van der Waals surface area contributed by atoms with E-state index in [0.717, 1.165) is 15.4 Å². The number of hydrogen-bond acceptors (Lipinski definition) is 4. The second-order valence-corrected chi connectivity index (χ2v) is 15.1. The highest BCUT2D eigenvalue weighted by Crippen LogP contribution is 2.31. The second-order valence-electron chi connectivity index (χ2n) is 12.0. The SMILES string of the molecule is Cc1ccc(S(=O)(=O)N(CC(=O)N(Cc2cccc(Cl)c2)C(Cc2ccccc2)C(=O)NC(C)(C)C)c2ccc(Cl)c(Cl)c2)cc1. The highest BCUT2D eigenvalue weighted by molar-refractivity contribution is 7.92. The van der Waals surface area contributed by atoms with Crippen molar-refractivity contribution in [1.29, 1.82) is 0 Å². The Hall–Kier alpha value is -3.56. The fraction of sp³-hybridized carbons (Fsp3) is 0.257. The van der Waals surface area contributed by atoms with Crippen molar-refractivity contribution in [2.24, 2.45) is 0 Å². The summed E-state index contributed by atoms with van der Waals surface area (Å²) in [5.74, 6) is -0.985. The Morgan fingerprint density at radius 3 is 2.07 bits per heavy atom. The Kier molecular flexibility index (Phi) is 11.4. The molecular weight excluding hydrogens is 665 g/mol. The number of rotatable bonds is 11. The normalized spacial score (nSPS) is 12.3. The van der Waals surface area contributed by atoms with Crippen molar-refractivity contribution in [2.45, 2.75) is 57.1 Å². The molecule has 4 aromatic carbocycles. The quantitative estimate of drug-likeness (QED) is 0.174.